The summed E-state index contributed by atoms with van der Waals surface area (Å²) in [5.74, 6) is 1.46. The highest BCUT2D eigenvalue weighted by Gasteiger charge is 2.26. The van der Waals surface area contributed by atoms with E-state index < -0.39 is 5.41 Å². The van der Waals surface area contributed by atoms with Gasteiger partial charge in [-0.15, -0.1) is 0 Å². The predicted molar refractivity (Wildman–Crippen MR) is 79.4 cm³/mol. The third-order valence-electron chi connectivity index (χ3n) is 2.86. The molecule has 0 aliphatic rings. The number of carbonyl (C=O) groups is 1. The third-order valence-corrected chi connectivity index (χ3v) is 2.86. The lowest BCUT2D eigenvalue weighted by atomic mass is 9.92. The van der Waals surface area contributed by atoms with E-state index in [1.165, 1.54) is 0 Å². The van der Waals surface area contributed by atoms with E-state index in [4.69, 9.17) is 4.42 Å². The molecular formula is C14H24N4O2. The van der Waals surface area contributed by atoms with E-state index in [1.54, 1.807) is 13.3 Å². The highest BCUT2D eigenvalue weighted by Crippen LogP contribution is 2.13. The molecule has 0 bridgehead atoms. The van der Waals surface area contributed by atoms with Gasteiger partial charge in [-0.2, -0.15) is 0 Å². The molecule has 0 radical (unpaired) electrons. The molecule has 20 heavy (non-hydrogen) atoms. The van der Waals surface area contributed by atoms with E-state index in [9.17, 15) is 4.79 Å². The summed E-state index contributed by atoms with van der Waals surface area (Å²) in [6.45, 7) is 7.47. The van der Waals surface area contributed by atoms with Crippen molar-refractivity contribution in [2.75, 3.05) is 20.1 Å². The Labute approximate surface area is 120 Å². The van der Waals surface area contributed by atoms with Crippen molar-refractivity contribution in [2.24, 2.45) is 10.4 Å². The maximum atomic E-state index is 11.7. The normalized spacial score (nSPS) is 12.1. The fourth-order valence-electron chi connectivity index (χ4n) is 1.62. The lowest BCUT2D eigenvalue weighted by Gasteiger charge is -2.24. The number of aliphatic imine (C=N–C) groups is 1. The summed E-state index contributed by atoms with van der Waals surface area (Å²) in [6.07, 6.45) is 1.62. The minimum absolute atomic E-state index is 0.00752. The van der Waals surface area contributed by atoms with Crippen LogP contribution in [0.5, 0.6) is 0 Å². The summed E-state index contributed by atoms with van der Waals surface area (Å²) in [7, 11) is 1.64. The zero-order valence-electron chi connectivity index (χ0n) is 12.6. The second kappa shape index (κ2) is 7.57. The van der Waals surface area contributed by atoms with Crippen LogP contribution in [-0.4, -0.2) is 32.0 Å². The van der Waals surface area contributed by atoms with Gasteiger partial charge in [-0.25, -0.2) is 4.99 Å². The van der Waals surface area contributed by atoms with Crippen molar-refractivity contribution in [3.05, 3.63) is 24.2 Å². The highest BCUT2D eigenvalue weighted by molar-refractivity contribution is 5.84. The Hall–Kier alpha value is -1.98. The number of nitrogens with one attached hydrogen (secondary N) is 3. The number of carbonyl (C=O) groups excluding carboxylic acids is 1. The first-order valence-corrected chi connectivity index (χ1v) is 6.76. The van der Waals surface area contributed by atoms with Crippen LogP contribution >= 0.6 is 0 Å². The molecule has 0 aliphatic carbocycles. The minimum atomic E-state index is -0.504. The molecular weight excluding hydrogens is 256 g/mol. The van der Waals surface area contributed by atoms with Crippen LogP contribution in [0.3, 0.4) is 0 Å². The Balaban J connectivity index is 2.58. The maximum absolute atomic E-state index is 11.7. The van der Waals surface area contributed by atoms with Crippen molar-refractivity contribution in [1.29, 1.82) is 0 Å². The first-order chi connectivity index (χ1) is 9.49. The van der Waals surface area contributed by atoms with E-state index in [1.807, 2.05) is 32.9 Å². The van der Waals surface area contributed by atoms with Crippen LogP contribution in [0.1, 0.15) is 26.5 Å². The first kappa shape index (κ1) is 16.1. The molecule has 0 aromatic carbocycles. The second-order valence-corrected chi connectivity index (χ2v) is 5.09. The second-order valence-electron chi connectivity index (χ2n) is 5.09. The molecule has 0 unspecified atom stereocenters. The molecule has 112 valence electrons. The summed E-state index contributed by atoms with van der Waals surface area (Å²) < 4.78 is 5.24. The van der Waals surface area contributed by atoms with E-state index >= 15 is 0 Å². The molecule has 0 spiro atoms. The van der Waals surface area contributed by atoms with E-state index in [2.05, 4.69) is 20.9 Å². The Kier molecular flexibility index (Phi) is 6.09. The molecule has 1 aromatic rings. The smallest absolute Gasteiger partial charge is 0.227 e. The van der Waals surface area contributed by atoms with Crippen LogP contribution in [0.2, 0.25) is 0 Å². The number of guanidine groups is 1. The molecule has 1 rings (SSSR count). The quantitative estimate of drug-likeness (QED) is 0.539. The van der Waals surface area contributed by atoms with Crippen LogP contribution in [0.25, 0.3) is 0 Å². The largest absolute Gasteiger partial charge is 0.467 e. The SMILES string of the molecule is CCNC(=NCc1ccco1)NCC(C)(C)C(=O)NC. The van der Waals surface area contributed by atoms with Gasteiger partial charge in [-0.1, -0.05) is 0 Å². The average Bonchev–Trinajstić information content (AvgIpc) is 2.94. The van der Waals surface area contributed by atoms with Gasteiger partial charge < -0.3 is 20.4 Å². The third kappa shape index (κ3) is 4.95. The molecule has 0 saturated carbocycles. The number of nitrogens with zero attached hydrogens (tertiary/aromatic N) is 1. The van der Waals surface area contributed by atoms with Crippen molar-refractivity contribution in [1.82, 2.24) is 16.0 Å². The maximum Gasteiger partial charge on any atom is 0.227 e. The molecule has 6 heteroatoms. The van der Waals surface area contributed by atoms with Gasteiger partial charge in [0, 0.05) is 20.1 Å². The molecule has 1 aromatic heterocycles. The molecule has 0 aliphatic heterocycles. The minimum Gasteiger partial charge on any atom is -0.467 e. The number of furan rings is 1. The predicted octanol–water partition coefficient (Wildman–Crippen LogP) is 1.11. The number of hydrogen-bond acceptors (Lipinski definition) is 3. The topological polar surface area (TPSA) is 78.7 Å². The number of hydrogen-bond donors (Lipinski definition) is 3. The lowest BCUT2D eigenvalue weighted by molar-refractivity contribution is -0.128. The first-order valence-electron chi connectivity index (χ1n) is 6.76. The Morgan fingerprint density at radius 3 is 2.70 bits per heavy atom. The van der Waals surface area contributed by atoms with Crippen molar-refractivity contribution in [2.45, 2.75) is 27.3 Å². The van der Waals surface area contributed by atoms with Gasteiger partial charge in [-0.05, 0) is 32.9 Å². The molecule has 1 amide bonds. The molecule has 6 nitrogen and oxygen atoms in total. The summed E-state index contributed by atoms with van der Waals surface area (Å²) in [4.78, 5) is 16.1. The Morgan fingerprint density at radius 2 is 2.15 bits per heavy atom. The molecule has 0 fully saturated rings. The van der Waals surface area contributed by atoms with Gasteiger partial charge in [0.25, 0.3) is 0 Å². The van der Waals surface area contributed by atoms with Gasteiger partial charge in [0.15, 0.2) is 5.96 Å². The van der Waals surface area contributed by atoms with Crippen molar-refractivity contribution >= 4 is 11.9 Å². The van der Waals surface area contributed by atoms with Gasteiger partial charge in [0.05, 0.1) is 11.7 Å². The van der Waals surface area contributed by atoms with Crippen molar-refractivity contribution in [3.8, 4) is 0 Å². The van der Waals surface area contributed by atoms with Gasteiger partial charge >= 0.3 is 0 Å². The summed E-state index contributed by atoms with van der Waals surface area (Å²) in [5.41, 5.74) is -0.504. The van der Waals surface area contributed by atoms with Crippen molar-refractivity contribution in [3.63, 3.8) is 0 Å². The van der Waals surface area contributed by atoms with Crippen molar-refractivity contribution < 1.29 is 9.21 Å². The Morgan fingerprint density at radius 1 is 1.40 bits per heavy atom. The van der Waals surface area contributed by atoms with Gasteiger partial charge in [-0.3, -0.25) is 4.79 Å². The molecule has 0 atom stereocenters. The summed E-state index contributed by atoms with van der Waals surface area (Å²) in [5, 5.41) is 8.98. The Bertz CT molecular complexity index is 438. The van der Waals surface area contributed by atoms with Crippen LogP contribution in [0.15, 0.2) is 27.8 Å². The van der Waals surface area contributed by atoms with Crippen LogP contribution in [0.4, 0.5) is 0 Å². The van der Waals surface area contributed by atoms with E-state index in [0.29, 0.717) is 19.0 Å². The molecule has 3 N–H and O–H groups in total. The average molecular weight is 280 g/mol. The monoisotopic (exact) mass is 280 g/mol. The van der Waals surface area contributed by atoms with Gasteiger partial charge in [0.1, 0.15) is 12.3 Å². The summed E-state index contributed by atoms with van der Waals surface area (Å²) in [6, 6.07) is 3.71. The standard InChI is InChI=1S/C14H24N4O2/c1-5-16-13(17-9-11-7-6-8-20-11)18-10-14(2,3)12(19)15-4/h6-8H,5,9-10H2,1-4H3,(H,15,19)(H2,16,17,18). The van der Waals surface area contributed by atoms with Crippen LogP contribution in [-0.2, 0) is 11.3 Å². The fourth-order valence-corrected chi connectivity index (χ4v) is 1.62. The number of rotatable bonds is 6. The highest BCUT2D eigenvalue weighted by atomic mass is 16.3. The van der Waals surface area contributed by atoms with E-state index in [-0.39, 0.29) is 5.91 Å². The van der Waals surface area contributed by atoms with Crippen LogP contribution in [0, 0.1) is 5.41 Å². The van der Waals surface area contributed by atoms with Gasteiger partial charge in [0.2, 0.25) is 5.91 Å². The zero-order chi connectivity index (χ0) is 15.0. The molecule has 0 saturated heterocycles. The molecule has 1 heterocycles. The van der Waals surface area contributed by atoms with Crippen LogP contribution < -0.4 is 16.0 Å². The van der Waals surface area contributed by atoms with E-state index in [0.717, 1.165) is 12.3 Å². The fraction of sp³-hybridized carbons (Fsp3) is 0.571. The number of amides is 1. The lowest BCUT2D eigenvalue weighted by Crippen LogP contribution is -2.47. The zero-order valence-corrected chi connectivity index (χ0v) is 12.6. The summed E-state index contributed by atoms with van der Waals surface area (Å²) >= 11 is 0.